The Morgan fingerprint density at radius 2 is 1.78 bits per heavy atom. The van der Waals surface area contributed by atoms with Crippen molar-refractivity contribution in [2.75, 3.05) is 31.4 Å². The molecule has 4 heterocycles. The lowest BCUT2D eigenvalue weighted by Gasteiger charge is -2.41. The summed E-state index contributed by atoms with van der Waals surface area (Å²) in [5.41, 5.74) is 9.66. The van der Waals surface area contributed by atoms with E-state index < -0.39 is 11.6 Å². The number of hydrogen-bond acceptors (Lipinski definition) is 10. The summed E-state index contributed by atoms with van der Waals surface area (Å²) in [4.78, 5) is 17.6. The van der Waals surface area contributed by atoms with Crippen molar-refractivity contribution in [3.8, 4) is 28.4 Å². The van der Waals surface area contributed by atoms with Gasteiger partial charge < -0.3 is 25.6 Å². The summed E-state index contributed by atoms with van der Waals surface area (Å²) >= 11 is 1.61. The second-order valence-corrected chi connectivity index (χ2v) is 9.79. The number of hydrogen-bond donors (Lipinski definition) is 3. The Morgan fingerprint density at radius 1 is 1.03 bits per heavy atom. The SMILES string of the molecule is COc1nc(-c2ccc(C3(C(O)Nc4ccc(-c5csc(C)n5)cn4)CCOCC3)cc2)cnc1N. The van der Waals surface area contributed by atoms with Gasteiger partial charge in [-0.05, 0) is 37.5 Å². The molecule has 5 rings (SSSR count). The first-order chi connectivity index (χ1) is 17.5. The van der Waals surface area contributed by atoms with Gasteiger partial charge in [-0.1, -0.05) is 24.3 Å². The first-order valence-corrected chi connectivity index (χ1v) is 12.5. The van der Waals surface area contributed by atoms with E-state index in [0.717, 1.165) is 27.4 Å². The minimum Gasteiger partial charge on any atom is -0.478 e. The normalized spacial score (nSPS) is 15.9. The Morgan fingerprint density at radius 3 is 2.42 bits per heavy atom. The molecular weight excluding hydrogens is 476 g/mol. The zero-order chi connectivity index (χ0) is 25.1. The van der Waals surface area contributed by atoms with Gasteiger partial charge in [-0.15, -0.1) is 11.3 Å². The Balaban J connectivity index is 1.38. The molecule has 0 amide bonds. The van der Waals surface area contributed by atoms with Crippen LogP contribution in [0.1, 0.15) is 23.4 Å². The first-order valence-electron chi connectivity index (χ1n) is 11.7. The highest BCUT2D eigenvalue weighted by molar-refractivity contribution is 7.09. The molecule has 0 bridgehead atoms. The van der Waals surface area contributed by atoms with Crippen LogP contribution in [0.15, 0.2) is 54.2 Å². The largest absolute Gasteiger partial charge is 0.478 e. The predicted molar refractivity (Wildman–Crippen MR) is 140 cm³/mol. The van der Waals surface area contributed by atoms with Crippen LogP contribution in [0.3, 0.4) is 0 Å². The van der Waals surface area contributed by atoms with Crippen LogP contribution in [0, 0.1) is 6.92 Å². The summed E-state index contributed by atoms with van der Waals surface area (Å²) in [5, 5.41) is 17.7. The molecule has 0 radical (unpaired) electrons. The van der Waals surface area contributed by atoms with Crippen LogP contribution < -0.4 is 15.8 Å². The third kappa shape index (κ3) is 4.75. The summed E-state index contributed by atoms with van der Waals surface area (Å²) in [5.74, 6) is 1.14. The lowest BCUT2D eigenvalue weighted by Crippen LogP contribution is -2.48. The zero-order valence-electron chi connectivity index (χ0n) is 20.1. The third-order valence-electron chi connectivity index (χ3n) is 6.59. The van der Waals surface area contributed by atoms with Gasteiger partial charge in [0.25, 0.3) is 5.88 Å². The van der Waals surface area contributed by atoms with Crippen molar-refractivity contribution < 1.29 is 14.6 Å². The van der Waals surface area contributed by atoms with E-state index in [9.17, 15) is 5.11 Å². The Labute approximate surface area is 213 Å². The van der Waals surface area contributed by atoms with E-state index >= 15 is 0 Å². The summed E-state index contributed by atoms with van der Waals surface area (Å²) in [6, 6.07) is 11.8. The molecule has 0 aliphatic carbocycles. The van der Waals surface area contributed by atoms with E-state index in [1.54, 1.807) is 23.7 Å². The third-order valence-corrected chi connectivity index (χ3v) is 7.36. The highest BCUT2D eigenvalue weighted by atomic mass is 32.1. The minimum atomic E-state index is -0.858. The van der Waals surface area contributed by atoms with Crippen molar-refractivity contribution in [3.05, 3.63) is 64.7 Å². The van der Waals surface area contributed by atoms with E-state index in [0.29, 0.717) is 43.4 Å². The average molecular weight is 505 g/mol. The van der Waals surface area contributed by atoms with Gasteiger partial charge in [0.2, 0.25) is 0 Å². The van der Waals surface area contributed by atoms with Crippen molar-refractivity contribution in [2.45, 2.75) is 31.4 Å². The van der Waals surface area contributed by atoms with Crippen molar-refractivity contribution in [2.24, 2.45) is 0 Å². The number of methoxy groups -OCH3 is 1. The number of nitrogens with two attached hydrogens (primary N) is 1. The highest BCUT2D eigenvalue weighted by Crippen LogP contribution is 2.39. The van der Waals surface area contributed by atoms with Gasteiger partial charge in [0, 0.05) is 41.3 Å². The lowest BCUT2D eigenvalue weighted by molar-refractivity contribution is -0.00504. The highest BCUT2D eigenvalue weighted by Gasteiger charge is 2.41. The summed E-state index contributed by atoms with van der Waals surface area (Å²) in [6.07, 6.45) is 3.88. The predicted octanol–water partition coefficient (Wildman–Crippen LogP) is 4.04. The molecule has 1 atom stereocenters. The molecule has 1 aromatic carbocycles. The van der Waals surface area contributed by atoms with Crippen LogP contribution >= 0.6 is 11.3 Å². The van der Waals surface area contributed by atoms with Crippen LogP contribution in [0.5, 0.6) is 5.88 Å². The van der Waals surface area contributed by atoms with Gasteiger partial charge in [-0.25, -0.2) is 19.9 Å². The standard InChI is InChI=1S/C26H28N6O3S/c1-16-30-21(15-36-16)18-5-8-22(28-13-18)32-25(33)26(9-11-35-12-10-26)19-6-3-17(4-7-19)20-14-29-23(27)24(31-20)34-2/h3-8,13-15,25,33H,9-12H2,1-2H3,(H2,27,29)(H,28,32). The molecule has 0 spiro atoms. The number of aliphatic hydroxyl groups is 1. The van der Waals surface area contributed by atoms with Crippen molar-refractivity contribution >= 4 is 23.0 Å². The Hall–Kier alpha value is -3.60. The van der Waals surface area contributed by atoms with Gasteiger partial charge in [-0.2, -0.15) is 0 Å². The Bertz CT molecular complexity index is 1320. The molecule has 3 aromatic heterocycles. The molecule has 4 N–H and O–H groups in total. The molecule has 10 heteroatoms. The molecule has 4 aromatic rings. The smallest absolute Gasteiger partial charge is 0.257 e. The fraction of sp³-hybridized carbons (Fsp3) is 0.308. The monoisotopic (exact) mass is 504 g/mol. The molecule has 1 unspecified atom stereocenters. The molecule has 1 aliphatic heterocycles. The fourth-order valence-electron chi connectivity index (χ4n) is 4.50. The quantitative estimate of drug-likeness (QED) is 0.319. The van der Waals surface area contributed by atoms with Crippen LogP contribution in [-0.2, 0) is 10.2 Å². The van der Waals surface area contributed by atoms with E-state index in [4.69, 9.17) is 15.2 Å². The maximum atomic E-state index is 11.4. The van der Waals surface area contributed by atoms with Crippen molar-refractivity contribution in [1.29, 1.82) is 0 Å². The summed E-state index contributed by atoms with van der Waals surface area (Å²) in [7, 11) is 1.51. The Kier molecular flexibility index (Phi) is 6.82. The molecule has 9 nitrogen and oxygen atoms in total. The van der Waals surface area contributed by atoms with Crippen molar-refractivity contribution in [3.63, 3.8) is 0 Å². The maximum absolute atomic E-state index is 11.4. The van der Waals surface area contributed by atoms with Gasteiger partial charge in [0.05, 0.1) is 29.7 Å². The molecule has 0 saturated carbocycles. The van der Waals surface area contributed by atoms with E-state index in [-0.39, 0.29) is 5.82 Å². The first kappa shape index (κ1) is 24.1. The number of rotatable bonds is 7. The molecule has 1 saturated heterocycles. The number of thiazole rings is 1. The average Bonchev–Trinajstić information content (AvgIpc) is 3.36. The number of nitrogens with zero attached hydrogens (tertiary/aromatic N) is 4. The number of anilines is 2. The topological polar surface area (TPSA) is 128 Å². The summed E-state index contributed by atoms with van der Waals surface area (Å²) in [6.45, 7) is 3.11. The number of aromatic nitrogens is 4. The van der Waals surface area contributed by atoms with Gasteiger partial charge in [0.1, 0.15) is 12.0 Å². The summed E-state index contributed by atoms with van der Waals surface area (Å²) < 4.78 is 10.8. The number of benzene rings is 1. The van der Waals surface area contributed by atoms with E-state index in [1.165, 1.54) is 7.11 Å². The van der Waals surface area contributed by atoms with Gasteiger partial charge in [0.15, 0.2) is 5.82 Å². The second-order valence-electron chi connectivity index (χ2n) is 8.73. The van der Waals surface area contributed by atoms with Crippen molar-refractivity contribution in [1.82, 2.24) is 19.9 Å². The minimum absolute atomic E-state index is 0.247. The second kappa shape index (κ2) is 10.2. The molecule has 1 aliphatic rings. The number of nitrogen functional groups attached to an aromatic ring is 1. The number of pyridine rings is 1. The van der Waals surface area contributed by atoms with E-state index in [2.05, 4.69) is 25.3 Å². The number of aliphatic hydroxyl groups excluding tert-OH is 1. The molecule has 186 valence electrons. The van der Waals surface area contributed by atoms with E-state index in [1.807, 2.05) is 48.7 Å². The molecule has 1 fully saturated rings. The number of ether oxygens (including phenoxy) is 2. The maximum Gasteiger partial charge on any atom is 0.257 e. The number of aryl methyl sites for hydroxylation is 1. The molecule has 36 heavy (non-hydrogen) atoms. The van der Waals surface area contributed by atoms with Gasteiger partial charge in [-0.3, -0.25) is 0 Å². The fourth-order valence-corrected chi connectivity index (χ4v) is 5.13. The van der Waals surface area contributed by atoms with Crippen LogP contribution in [-0.4, -0.2) is 51.6 Å². The zero-order valence-corrected chi connectivity index (χ0v) is 21.0. The lowest BCUT2D eigenvalue weighted by atomic mass is 9.72. The van der Waals surface area contributed by atoms with Crippen LogP contribution in [0.4, 0.5) is 11.6 Å². The van der Waals surface area contributed by atoms with Gasteiger partial charge >= 0.3 is 0 Å². The van der Waals surface area contributed by atoms with Crippen LogP contribution in [0.25, 0.3) is 22.5 Å². The number of nitrogens with one attached hydrogen (secondary N) is 1. The van der Waals surface area contributed by atoms with Crippen LogP contribution in [0.2, 0.25) is 0 Å². The molecular formula is C26H28N6O3S.